The van der Waals surface area contributed by atoms with E-state index in [0.29, 0.717) is 5.54 Å². The minimum absolute atomic E-state index is 0.582. The van der Waals surface area contributed by atoms with Crippen molar-refractivity contribution in [2.45, 2.75) is 57.5 Å². The Hall–Kier alpha value is -0.0400. The van der Waals surface area contributed by atoms with Crippen LogP contribution in [0, 0.1) is 5.92 Å². The van der Waals surface area contributed by atoms with Crippen LogP contribution in [-0.4, -0.2) is 11.6 Å². The maximum atomic E-state index is 3.76. The molecule has 0 aromatic carbocycles. The first-order valence-electron chi connectivity index (χ1n) is 4.98. The van der Waals surface area contributed by atoms with Crippen LogP contribution in [0.3, 0.4) is 0 Å². The van der Waals surface area contributed by atoms with Gasteiger partial charge in [-0.2, -0.15) is 0 Å². The van der Waals surface area contributed by atoms with E-state index in [9.17, 15) is 0 Å². The van der Waals surface area contributed by atoms with Crippen molar-refractivity contribution < 1.29 is 0 Å². The van der Waals surface area contributed by atoms with E-state index in [1.54, 1.807) is 0 Å². The van der Waals surface area contributed by atoms with Crippen molar-refractivity contribution in [1.82, 2.24) is 5.32 Å². The summed E-state index contributed by atoms with van der Waals surface area (Å²) in [6.07, 6.45) is 7.13. The first-order chi connectivity index (χ1) is 5.20. The molecule has 0 amide bonds. The normalized spacial score (nSPS) is 50.7. The quantitative estimate of drug-likeness (QED) is 0.563. The van der Waals surface area contributed by atoms with Crippen LogP contribution in [0.2, 0.25) is 0 Å². The molecule has 2 fully saturated rings. The second kappa shape index (κ2) is 2.48. The average molecular weight is 153 g/mol. The molecule has 3 unspecified atom stereocenters. The lowest BCUT2D eigenvalue weighted by atomic mass is 9.95. The van der Waals surface area contributed by atoms with Gasteiger partial charge >= 0.3 is 0 Å². The van der Waals surface area contributed by atoms with Gasteiger partial charge in [0.15, 0.2) is 0 Å². The zero-order valence-electron chi connectivity index (χ0n) is 7.69. The fourth-order valence-corrected chi connectivity index (χ4v) is 2.91. The van der Waals surface area contributed by atoms with Gasteiger partial charge in [0.1, 0.15) is 0 Å². The fourth-order valence-electron chi connectivity index (χ4n) is 2.91. The molecule has 1 heterocycles. The summed E-state index contributed by atoms with van der Waals surface area (Å²) in [5, 5.41) is 3.76. The fraction of sp³-hybridized carbons (Fsp3) is 1.00. The molecule has 1 N–H and O–H groups in total. The predicted octanol–water partition coefficient (Wildman–Crippen LogP) is 2.32. The number of hydrogen-bond donors (Lipinski definition) is 1. The summed E-state index contributed by atoms with van der Waals surface area (Å²) in [7, 11) is 0. The predicted molar refractivity (Wildman–Crippen MR) is 47.6 cm³/mol. The Kier molecular flexibility index (Phi) is 1.71. The van der Waals surface area contributed by atoms with Crippen LogP contribution < -0.4 is 5.32 Å². The van der Waals surface area contributed by atoms with Crippen molar-refractivity contribution in [2.24, 2.45) is 5.92 Å². The van der Waals surface area contributed by atoms with Gasteiger partial charge < -0.3 is 5.32 Å². The van der Waals surface area contributed by atoms with E-state index in [4.69, 9.17) is 0 Å². The molecule has 0 bridgehead atoms. The summed E-state index contributed by atoms with van der Waals surface area (Å²) < 4.78 is 0. The maximum Gasteiger partial charge on any atom is 0.0187 e. The molecular weight excluding hydrogens is 134 g/mol. The molecule has 1 aliphatic heterocycles. The highest BCUT2D eigenvalue weighted by Crippen LogP contribution is 2.41. The third-order valence-electron chi connectivity index (χ3n) is 3.46. The van der Waals surface area contributed by atoms with Gasteiger partial charge in [-0.15, -0.1) is 0 Å². The minimum atomic E-state index is 0.582. The largest absolute Gasteiger partial charge is 0.309 e. The molecule has 11 heavy (non-hydrogen) atoms. The van der Waals surface area contributed by atoms with E-state index in [-0.39, 0.29) is 0 Å². The monoisotopic (exact) mass is 153 g/mol. The molecule has 1 saturated carbocycles. The highest BCUT2D eigenvalue weighted by atomic mass is 15.0. The Bertz CT molecular complexity index is 135. The van der Waals surface area contributed by atoms with Crippen molar-refractivity contribution in [2.75, 3.05) is 0 Å². The smallest absolute Gasteiger partial charge is 0.0187 e. The second-order valence-corrected chi connectivity index (χ2v) is 4.71. The Morgan fingerprint density at radius 3 is 2.36 bits per heavy atom. The molecule has 0 aromatic rings. The number of nitrogens with one attached hydrogen (secondary N) is 1. The third-order valence-corrected chi connectivity index (χ3v) is 3.46. The zero-order chi connectivity index (χ0) is 7.90. The van der Waals surface area contributed by atoms with Crippen LogP contribution in [0.15, 0.2) is 0 Å². The Balaban J connectivity index is 2.02. The zero-order valence-corrected chi connectivity index (χ0v) is 7.69. The van der Waals surface area contributed by atoms with Gasteiger partial charge in [-0.05, 0) is 44.9 Å². The summed E-state index contributed by atoms with van der Waals surface area (Å²) in [5.41, 5.74) is 0.582. The minimum Gasteiger partial charge on any atom is -0.309 e. The van der Waals surface area contributed by atoms with Crippen LogP contribution in [0.4, 0.5) is 0 Å². The van der Waals surface area contributed by atoms with Crippen LogP contribution >= 0.6 is 0 Å². The van der Waals surface area contributed by atoms with Crippen molar-refractivity contribution in [3.05, 3.63) is 0 Å². The Labute approximate surface area is 69.6 Å². The first-order valence-corrected chi connectivity index (χ1v) is 4.98. The molecule has 1 nitrogen and oxygen atoms in total. The maximum absolute atomic E-state index is 3.76. The van der Waals surface area contributed by atoms with Crippen molar-refractivity contribution >= 4 is 0 Å². The van der Waals surface area contributed by atoms with E-state index in [1.165, 1.54) is 32.1 Å². The van der Waals surface area contributed by atoms with E-state index in [1.807, 2.05) is 0 Å². The highest BCUT2D eigenvalue weighted by Gasteiger charge is 2.41. The van der Waals surface area contributed by atoms with E-state index in [0.717, 1.165) is 12.0 Å². The standard InChI is InChI=1S/C10H19N/c1-8-3-5-10(7-8)6-4-9(2)11-10/h8-9,11H,3-7H2,1-2H3. The molecule has 1 aliphatic carbocycles. The Morgan fingerprint density at radius 2 is 1.91 bits per heavy atom. The molecule has 1 heteroatoms. The molecule has 1 spiro atoms. The van der Waals surface area contributed by atoms with Gasteiger partial charge in [0.05, 0.1) is 0 Å². The molecule has 2 rings (SSSR count). The Morgan fingerprint density at radius 1 is 1.18 bits per heavy atom. The van der Waals surface area contributed by atoms with Gasteiger partial charge in [-0.1, -0.05) is 6.92 Å². The lowest BCUT2D eigenvalue weighted by molar-refractivity contribution is 0.360. The molecular formula is C10H19N. The van der Waals surface area contributed by atoms with E-state index >= 15 is 0 Å². The van der Waals surface area contributed by atoms with Crippen LogP contribution in [0.25, 0.3) is 0 Å². The lowest BCUT2D eigenvalue weighted by Gasteiger charge is -2.24. The first kappa shape index (κ1) is 7.60. The topological polar surface area (TPSA) is 12.0 Å². The van der Waals surface area contributed by atoms with Gasteiger partial charge in [0.25, 0.3) is 0 Å². The number of hydrogen-bond acceptors (Lipinski definition) is 1. The third kappa shape index (κ3) is 1.31. The summed E-state index contributed by atoms with van der Waals surface area (Å²) in [6, 6.07) is 0.778. The summed E-state index contributed by atoms with van der Waals surface area (Å²) in [4.78, 5) is 0. The van der Waals surface area contributed by atoms with Crippen molar-refractivity contribution in [1.29, 1.82) is 0 Å². The van der Waals surface area contributed by atoms with E-state index < -0.39 is 0 Å². The molecule has 3 atom stereocenters. The second-order valence-electron chi connectivity index (χ2n) is 4.71. The lowest BCUT2D eigenvalue weighted by Crippen LogP contribution is -2.39. The molecule has 64 valence electrons. The van der Waals surface area contributed by atoms with Crippen molar-refractivity contribution in [3.63, 3.8) is 0 Å². The molecule has 2 aliphatic rings. The molecule has 0 aromatic heterocycles. The highest BCUT2D eigenvalue weighted by molar-refractivity contribution is 5.00. The van der Waals surface area contributed by atoms with Gasteiger partial charge in [0.2, 0.25) is 0 Å². The SMILES string of the molecule is CC1CCC2(CCC(C)N2)C1. The van der Waals surface area contributed by atoms with E-state index in [2.05, 4.69) is 19.2 Å². The van der Waals surface area contributed by atoms with Crippen molar-refractivity contribution in [3.8, 4) is 0 Å². The summed E-state index contributed by atoms with van der Waals surface area (Å²) in [6.45, 7) is 4.71. The summed E-state index contributed by atoms with van der Waals surface area (Å²) in [5.74, 6) is 0.966. The molecule has 1 saturated heterocycles. The van der Waals surface area contributed by atoms with Crippen LogP contribution in [0.5, 0.6) is 0 Å². The van der Waals surface area contributed by atoms with Gasteiger partial charge in [-0.25, -0.2) is 0 Å². The summed E-state index contributed by atoms with van der Waals surface area (Å²) >= 11 is 0. The average Bonchev–Trinajstić information content (AvgIpc) is 2.44. The van der Waals surface area contributed by atoms with Gasteiger partial charge in [-0.3, -0.25) is 0 Å². The molecule has 0 radical (unpaired) electrons. The van der Waals surface area contributed by atoms with Crippen LogP contribution in [-0.2, 0) is 0 Å². The van der Waals surface area contributed by atoms with Gasteiger partial charge in [0, 0.05) is 11.6 Å². The number of rotatable bonds is 0. The van der Waals surface area contributed by atoms with Crippen LogP contribution in [0.1, 0.15) is 46.0 Å².